The molecule has 0 saturated carbocycles. The van der Waals surface area contributed by atoms with Gasteiger partial charge < -0.3 is 14.8 Å². The minimum Gasteiger partial charge on any atom is -0.461 e. The van der Waals surface area contributed by atoms with E-state index in [1.165, 1.54) is 0 Å². The minimum absolute atomic E-state index is 0.0951. The number of ether oxygens (including phenoxy) is 2. The van der Waals surface area contributed by atoms with Crippen molar-refractivity contribution < 1.29 is 23.9 Å². The summed E-state index contributed by atoms with van der Waals surface area (Å²) in [4.78, 5) is 37.6. The third kappa shape index (κ3) is 4.98. The van der Waals surface area contributed by atoms with Gasteiger partial charge in [0.25, 0.3) is 0 Å². The lowest BCUT2D eigenvalue weighted by molar-refractivity contribution is -0.119. The van der Waals surface area contributed by atoms with Crippen LogP contribution in [0.2, 0.25) is 0 Å². The largest absolute Gasteiger partial charge is 0.461 e. The van der Waals surface area contributed by atoms with Gasteiger partial charge in [0, 0.05) is 5.69 Å². The Bertz CT molecular complexity index is 906. The summed E-state index contributed by atoms with van der Waals surface area (Å²) < 4.78 is 11.1. The summed E-state index contributed by atoms with van der Waals surface area (Å²) in [6.07, 6.45) is 0.314. The summed E-state index contributed by atoms with van der Waals surface area (Å²) in [7, 11) is 0. The molecule has 2 aromatic rings. The fourth-order valence-electron chi connectivity index (χ4n) is 2.75. The molecule has 1 atom stereocenters. The number of benzene rings is 1. The molecule has 0 spiro atoms. The molecule has 29 heavy (non-hydrogen) atoms. The first-order valence-electron chi connectivity index (χ1n) is 9.51. The van der Waals surface area contributed by atoms with Crippen molar-refractivity contribution in [1.29, 1.82) is 0 Å². The molecule has 0 bridgehead atoms. The van der Waals surface area contributed by atoms with Crippen molar-refractivity contribution >= 4 is 23.5 Å². The van der Waals surface area contributed by atoms with Crippen LogP contribution in [0.1, 0.15) is 65.3 Å². The van der Waals surface area contributed by atoms with E-state index in [4.69, 9.17) is 9.47 Å². The molecule has 9 heteroatoms. The van der Waals surface area contributed by atoms with Gasteiger partial charge in [-0.15, -0.1) is 5.10 Å². The molecule has 156 valence electrons. The monoisotopic (exact) mass is 402 g/mol. The van der Waals surface area contributed by atoms with Crippen LogP contribution in [0.3, 0.4) is 0 Å². The van der Waals surface area contributed by atoms with E-state index in [0.717, 1.165) is 15.8 Å². The zero-order valence-electron chi connectivity index (χ0n) is 17.3. The number of esters is 2. The Labute approximate surface area is 169 Å². The van der Waals surface area contributed by atoms with E-state index < -0.39 is 18.0 Å². The first-order chi connectivity index (χ1) is 13.8. The van der Waals surface area contributed by atoms with E-state index in [1.54, 1.807) is 26.8 Å². The average molecular weight is 402 g/mol. The Morgan fingerprint density at radius 2 is 1.69 bits per heavy atom. The molecule has 0 aliphatic rings. The number of carbonyl (C=O) groups excluding carboxylic acids is 3. The summed E-state index contributed by atoms with van der Waals surface area (Å²) in [6, 6.07) is 4.69. The SMILES string of the molecule is CCOC(=O)c1nnn([C@H](CC)C(=O)Nc2ccc(C)c(C)c2)c1C(=O)OCC. The number of carbonyl (C=O) groups is 3. The van der Waals surface area contributed by atoms with Gasteiger partial charge in [0.1, 0.15) is 6.04 Å². The van der Waals surface area contributed by atoms with Gasteiger partial charge in [-0.3, -0.25) is 4.79 Å². The predicted octanol–water partition coefficient (Wildman–Crippen LogP) is 2.84. The highest BCUT2D eigenvalue weighted by Crippen LogP contribution is 2.21. The molecule has 0 fully saturated rings. The first kappa shape index (κ1) is 22.1. The van der Waals surface area contributed by atoms with E-state index in [0.29, 0.717) is 12.1 Å². The highest BCUT2D eigenvalue weighted by atomic mass is 16.5. The number of nitrogens with zero attached hydrogens (tertiary/aromatic N) is 3. The summed E-state index contributed by atoms with van der Waals surface area (Å²) >= 11 is 0. The maximum absolute atomic E-state index is 12.9. The van der Waals surface area contributed by atoms with Crippen LogP contribution in [0.4, 0.5) is 5.69 Å². The van der Waals surface area contributed by atoms with E-state index in [2.05, 4.69) is 15.6 Å². The Kier molecular flexibility index (Phi) is 7.46. The Morgan fingerprint density at radius 1 is 1.03 bits per heavy atom. The molecular weight excluding hydrogens is 376 g/mol. The number of nitrogens with one attached hydrogen (secondary N) is 1. The van der Waals surface area contributed by atoms with Crippen LogP contribution in [0, 0.1) is 13.8 Å². The Balaban J connectivity index is 2.40. The zero-order chi connectivity index (χ0) is 21.6. The average Bonchev–Trinajstić information content (AvgIpc) is 3.10. The molecule has 1 heterocycles. The van der Waals surface area contributed by atoms with Gasteiger partial charge in [-0.05, 0) is 57.4 Å². The molecule has 0 unspecified atom stereocenters. The fraction of sp³-hybridized carbons (Fsp3) is 0.450. The van der Waals surface area contributed by atoms with Crippen molar-refractivity contribution in [3.05, 3.63) is 40.7 Å². The predicted molar refractivity (Wildman–Crippen MR) is 106 cm³/mol. The summed E-state index contributed by atoms with van der Waals surface area (Å²) in [5.74, 6) is -1.98. The van der Waals surface area contributed by atoms with E-state index >= 15 is 0 Å². The molecule has 9 nitrogen and oxygen atoms in total. The van der Waals surface area contributed by atoms with Crippen molar-refractivity contribution in [2.45, 2.75) is 47.1 Å². The van der Waals surface area contributed by atoms with Crippen molar-refractivity contribution in [3.63, 3.8) is 0 Å². The fourth-order valence-corrected chi connectivity index (χ4v) is 2.75. The zero-order valence-corrected chi connectivity index (χ0v) is 17.3. The topological polar surface area (TPSA) is 112 Å². The number of anilines is 1. The third-order valence-electron chi connectivity index (χ3n) is 4.39. The second kappa shape index (κ2) is 9.81. The highest BCUT2D eigenvalue weighted by Gasteiger charge is 2.33. The van der Waals surface area contributed by atoms with Crippen LogP contribution in [-0.2, 0) is 14.3 Å². The Morgan fingerprint density at radius 3 is 2.28 bits per heavy atom. The number of amides is 1. The number of rotatable bonds is 8. The molecule has 1 N–H and O–H groups in total. The summed E-state index contributed by atoms with van der Waals surface area (Å²) in [5, 5.41) is 10.5. The van der Waals surface area contributed by atoms with Gasteiger partial charge in [0.05, 0.1) is 13.2 Å². The maximum atomic E-state index is 12.9. The van der Waals surface area contributed by atoms with Crippen LogP contribution in [0.5, 0.6) is 0 Å². The number of aromatic nitrogens is 3. The third-order valence-corrected chi connectivity index (χ3v) is 4.39. The first-order valence-corrected chi connectivity index (χ1v) is 9.51. The van der Waals surface area contributed by atoms with Crippen LogP contribution in [-0.4, -0.2) is 46.1 Å². The lowest BCUT2D eigenvalue weighted by Gasteiger charge is -2.17. The quantitative estimate of drug-likeness (QED) is 0.676. The van der Waals surface area contributed by atoms with Crippen molar-refractivity contribution in [3.8, 4) is 0 Å². The van der Waals surface area contributed by atoms with E-state index in [9.17, 15) is 14.4 Å². The normalized spacial score (nSPS) is 11.6. The number of hydrogen-bond donors (Lipinski definition) is 1. The second-order valence-corrected chi connectivity index (χ2v) is 6.38. The highest BCUT2D eigenvalue weighted by molar-refractivity contribution is 6.01. The van der Waals surface area contributed by atoms with Gasteiger partial charge in [-0.2, -0.15) is 0 Å². The van der Waals surface area contributed by atoms with Gasteiger partial charge in [-0.25, -0.2) is 14.3 Å². The molecule has 0 aliphatic heterocycles. The van der Waals surface area contributed by atoms with Crippen LogP contribution < -0.4 is 5.32 Å². The summed E-state index contributed by atoms with van der Waals surface area (Å²) in [6.45, 7) is 9.18. The van der Waals surface area contributed by atoms with Crippen LogP contribution in [0.25, 0.3) is 0 Å². The number of aryl methyl sites for hydroxylation is 2. The molecule has 0 saturated heterocycles. The Hall–Kier alpha value is -3.23. The molecular formula is C20H26N4O5. The molecule has 1 aromatic carbocycles. The number of hydrogen-bond acceptors (Lipinski definition) is 7. The smallest absolute Gasteiger partial charge is 0.361 e. The molecule has 1 amide bonds. The lowest BCUT2D eigenvalue weighted by Crippen LogP contribution is -2.29. The van der Waals surface area contributed by atoms with Crippen molar-refractivity contribution in [1.82, 2.24) is 15.0 Å². The van der Waals surface area contributed by atoms with Gasteiger partial charge in [0.15, 0.2) is 5.69 Å². The van der Waals surface area contributed by atoms with Crippen LogP contribution in [0.15, 0.2) is 18.2 Å². The standard InChI is InChI=1S/C20H26N4O5/c1-6-15(18(25)21-14-10-9-12(4)13(5)11-14)24-17(20(27)29-8-3)16(22-23-24)19(26)28-7-2/h9-11,15H,6-8H2,1-5H3,(H,21,25)/t15-/m1/s1. The lowest BCUT2D eigenvalue weighted by atomic mass is 10.1. The summed E-state index contributed by atoms with van der Waals surface area (Å²) in [5.41, 5.74) is 2.29. The maximum Gasteiger partial charge on any atom is 0.361 e. The second-order valence-electron chi connectivity index (χ2n) is 6.38. The molecule has 1 aromatic heterocycles. The van der Waals surface area contributed by atoms with Crippen molar-refractivity contribution in [2.75, 3.05) is 18.5 Å². The minimum atomic E-state index is -0.869. The van der Waals surface area contributed by atoms with Gasteiger partial charge in [-0.1, -0.05) is 18.2 Å². The van der Waals surface area contributed by atoms with Gasteiger partial charge >= 0.3 is 11.9 Å². The molecule has 2 rings (SSSR count). The molecule has 0 aliphatic carbocycles. The van der Waals surface area contributed by atoms with Crippen LogP contribution >= 0.6 is 0 Å². The van der Waals surface area contributed by atoms with E-state index in [1.807, 2.05) is 26.0 Å². The van der Waals surface area contributed by atoms with E-state index in [-0.39, 0.29) is 30.5 Å². The molecule has 0 radical (unpaired) electrons. The van der Waals surface area contributed by atoms with Crippen molar-refractivity contribution in [2.24, 2.45) is 0 Å². The van der Waals surface area contributed by atoms with Gasteiger partial charge in [0.2, 0.25) is 11.6 Å².